The number of fused-ring (bicyclic) bond motifs is 2. The van der Waals surface area contributed by atoms with E-state index in [0.29, 0.717) is 11.8 Å². The summed E-state index contributed by atoms with van der Waals surface area (Å²) in [6.07, 6.45) is 5.68. The van der Waals surface area contributed by atoms with E-state index in [4.69, 9.17) is 10.00 Å². The highest BCUT2D eigenvalue weighted by Gasteiger charge is 2.46. The average molecular weight is 177 g/mol. The normalized spacial score (nSPS) is 43.5. The first-order chi connectivity index (χ1) is 6.27. The van der Waals surface area contributed by atoms with Crippen molar-refractivity contribution in [2.75, 3.05) is 0 Å². The van der Waals surface area contributed by atoms with Gasteiger partial charge in [0.05, 0.1) is 24.2 Å². The van der Waals surface area contributed by atoms with Gasteiger partial charge < -0.3 is 4.74 Å². The van der Waals surface area contributed by atoms with Crippen LogP contribution in [0.1, 0.15) is 20.3 Å². The molecule has 0 aromatic heterocycles. The second kappa shape index (κ2) is 3.16. The molecule has 0 aromatic carbocycles. The molecular weight excluding hydrogens is 162 g/mol. The van der Waals surface area contributed by atoms with Crippen LogP contribution in [0.5, 0.6) is 0 Å². The fourth-order valence-corrected chi connectivity index (χ4v) is 2.57. The molecule has 0 aromatic rings. The molecule has 2 heterocycles. The van der Waals surface area contributed by atoms with E-state index in [-0.39, 0.29) is 18.1 Å². The maximum Gasteiger partial charge on any atom is 0.0809 e. The second-order valence-electron chi connectivity index (χ2n) is 4.03. The van der Waals surface area contributed by atoms with E-state index >= 15 is 0 Å². The highest BCUT2D eigenvalue weighted by atomic mass is 16.5. The Labute approximate surface area is 79.2 Å². The van der Waals surface area contributed by atoms with Crippen LogP contribution in [0.3, 0.4) is 0 Å². The van der Waals surface area contributed by atoms with Crippen LogP contribution in [-0.4, -0.2) is 12.2 Å². The molecular formula is C11H15NO. The summed E-state index contributed by atoms with van der Waals surface area (Å²) in [6.45, 7) is 4.27. The molecule has 2 heteroatoms. The van der Waals surface area contributed by atoms with E-state index in [9.17, 15) is 0 Å². The van der Waals surface area contributed by atoms with Gasteiger partial charge >= 0.3 is 0 Å². The fraction of sp³-hybridized carbons (Fsp3) is 0.727. The molecule has 2 bridgehead atoms. The summed E-state index contributed by atoms with van der Waals surface area (Å²) in [5.41, 5.74) is 0. The number of hydrogen-bond acceptors (Lipinski definition) is 2. The molecule has 5 atom stereocenters. The predicted octanol–water partition coefficient (Wildman–Crippen LogP) is 2.13. The lowest BCUT2D eigenvalue weighted by Crippen LogP contribution is -2.28. The van der Waals surface area contributed by atoms with E-state index < -0.39 is 0 Å². The summed E-state index contributed by atoms with van der Waals surface area (Å²) in [6, 6.07) is 2.40. The van der Waals surface area contributed by atoms with Gasteiger partial charge in [-0.15, -0.1) is 0 Å². The molecule has 0 spiro atoms. The molecule has 0 radical (unpaired) electrons. The Morgan fingerprint density at radius 2 is 2.15 bits per heavy atom. The Bertz CT molecular complexity index is 266. The highest BCUT2D eigenvalue weighted by Crippen LogP contribution is 2.43. The lowest BCUT2D eigenvalue weighted by atomic mass is 9.75. The van der Waals surface area contributed by atoms with Crippen LogP contribution < -0.4 is 0 Å². The van der Waals surface area contributed by atoms with Gasteiger partial charge in [0.25, 0.3) is 0 Å². The van der Waals surface area contributed by atoms with Crippen LogP contribution in [0, 0.1) is 29.1 Å². The largest absolute Gasteiger partial charge is 0.366 e. The van der Waals surface area contributed by atoms with Crippen molar-refractivity contribution in [3.05, 3.63) is 12.2 Å². The lowest BCUT2D eigenvalue weighted by molar-refractivity contribution is 0.0996. The van der Waals surface area contributed by atoms with Gasteiger partial charge in [-0.05, 0) is 12.3 Å². The van der Waals surface area contributed by atoms with E-state index in [1.165, 1.54) is 0 Å². The molecule has 70 valence electrons. The Kier molecular flexibility index (Phi) is 2.13. The van der Waals surface area contributed by atoms with Crippen LogP contribution in [0.25, 0.3) is 0 Å². The molecule has 2 rings (SSSR count). The van der Waals surface area contributed by atoms with E-state index in [0.717, 1.165) is 6.42 Å². The van der Waals surface area contributed by atoms with Crippen molar-refractivity contribution in [2.24, 2.45) is 17.8 Å². The summed E-state index contributed by atoms with van der Waals surface area (Å²) < 4.78 is 5.72. The second-order valence-corrected chi connectivity index (χ2v) is 4.03. The third-order valence-electron chi connectivity index (χ3n) is 3.38. The van der Waals surface area contributed by atoms with Crippen molar-refractivity contribution >= 4 is 0 Å². The minimum Gasteiger partial charge on any atom is -0.366 e. The SMILES string of the molecule is CCC(C#N)C1C2C=CC(O2)C1C. The molecule has 0 saturated carbocycles. The monoisotopic (exact) mass is 177 g/mol. The van der Waals surface area contributed by atoms with Gasteiger partial charge in [-0.2, -0.15) is 5.26 Å². The minimum atomic E-state index is 0.162. The van der Waals surface area contributed by atoms with Crippen molar-refractivity contribution < 1.29 is 4.74 Å². The van der Waals surface area contributed by atoms with Crippen LogP contribution in [0.2, 0.25) is 0 Å². The molecule has 1 fully saturated rings. The van der Waals surface area contributed by atoms with Gasteiger partial charge in [0.15, 0.2) is 0 Å². The summed E-state index contributed by atoms with van der Waals surface area (Å²) in [5.74, 6) is 1.10. The first-order valence-corrected chi connectivity index (χ1v) is 5.01. The van der Waals surface area contributed by atoms with Crippen molar-refractivity contribution in [2.45, 2.75) is 32.5 Å². The number of rotatable bonds is 2. The zero-order valence-corrected chi connectivity index (χ0v) is 8.10. The number of ether oxygens (including phenoxy) is 1. The van der Waals surface area contributed by atoms with E-state index in [1.807, 2.05) is 0 Å². The van der Waals surface area contributed by atoms with Gasteiger partial charge in [0.2, 0.25) is 0 Å². The molecule has 1 saturated heterocycles. The van der Waals surface area contributed by atoms with Crippen LogP contribution in [0.4, 0.5) is 0 Å². The third kappa shape index (κ3) is 1.19. The van der Waals surface area contributed by atoms with Gasteiger partial charge in [0, 0.05) is 5.92 Å². The quantitative estimate of drug-likeness (QED) is 0.605. The number of nitriles is 1. The Balaban J connectivity index is 2.17. The van der Waals surface area contributed by atoms with Gasteiger partial charge in [-0.1, -0.05) is 26.0 Å². The topological polar surface area (TPSA) is 33.0 Å². The first-order valence-electron chi connectivity index (χ1n) is 5.01. The van der Waals surface area contributed by atoms with Crippen LogP contribution in [0.15, 0.2) is 12.2 Å². The number of hydrogen-bond donors (Lipinski definition) is 0. The van der Waals surface area contributed by atoms with Crippen LogP contribution in [-0.2, 0) is 4.74 Å². The number of nitrogens with zero attached hydrogens (tertiary/aromatic N) is 1. The van der Waals surface area contributed by atoms with Crippen molar-refractivity contribution in [1.82, 2.24) is 0 Å². The summed E-state index contributed by atoms with van der Waals surface area (Å²) >= 11 is 0. The van der Waals surface area contributed by atoms with Crippen LogP contribution >= 0.6 is 0 Å². The van der Waals surface area contributed by atoms with Crippen molar-refractivity contribution in [3.8, 4) is 6.07 Å². The molecule has 2 aliphatic heterocycles. The standard InChI is InChI=1S/C11H15NO/c1-3-8(6-12)11-7(2)9-4-5-10(11)13-9/h4-5,7-11H,3H2,1-2H3. The maximum atomic E-state index is 9.00. The molecule has 2 nitrogen and oxygen atoms in total. The van der Waals surface area contributed by atoms with Crippen molar-refractivity contribution in [1.29, 1.82) is 5.26 Å². The van der Waals surface area contributed by atoms with Gasteiger partial charge in [-0.25, -0.2) is 0 Å². The predicted molar refractivity (Wildman–Crippen MR) is 49.8 cm³/mol. The third-order valence-corrected chi connectivity index (χ3v) is 3.38. The Morgan fingerprint density at radius 1 is 1.46 bits per heavy atom. The average Bonchev–Trinajstić information content (AvgIpc) is 2.70. The maximum absolute atomic E-state index is 9.00. The fourth-order valence-electron chi connectivity index (χ4n) is 2.57. The molecule has 13 heavy (non-hydrogen) atoms. The summed E-state index contributed by atoms with van der Waals surface area (Å²) in [5, 5.41) is 9.00. The minimum absolute atomic E-state index is 0.162. The molecule has 0 aliphatic carbocycles. The van der Waals surface area contributed by atoms with E-state index in [2.05, 4.69) is 32.1 Å². The van der Waals surface area contributed by atoms with Crippen molar-refractivity contribution in [3.63, 3.8) is 0 Å². The lowest BCUT2D eigenvalue weighted by Gasteiger charge is -2.24. The zero-order valence-electron chi connectivity index (χ0n) is 8.10. The summed E-state index contributed by atoms with van der Waals surface area (Å²) in [7, 11) is 0. The smallest absolute Gasteiger partial charge is 0.0809 e. The van der Waals surface area contributed by atoms with Gasteiger partial charge in [-0.3, -0.25) is 0 Å². The Hall–Kier alpha value is -0.810. The highest BCUT2D eigenvalue weighted by molar-refractivity contribution is 5.16. The first kappa shape index (κ1) is 8.77. The zero-order chi connectivity index (χ0) is 9.42. The van der Waals surface area contributed by atoms with E-state index in [1.54, 1.807) is 0 Å². The molecule has 0 amide bonds. The molecule has 2 aliphatic rings. The van der Waals surface area contributed by atoms with Gasteiger partial charge in [0.1, 0.15) is 0 Å². The summed E-state index contributed by atoms with van der Waals surface area (Å²) in [4.78, 5) is 0. The Morgan fingerprint density at radius 3 is 2.62 bits per heavy atom. The molecule has 0 N–H and O–H groups in total. The molecule has 5 unspecified atom stereocenters.